The van der Waals surface area contributed by atoms with Crippen LogP contribution in [0.2, 0.25) is 0 Å². The molecule has 1 aliphatic rings. The number of hydrogen-bond acceptors (Lipinski definition) is 4. The highest BCUT2D eigenvalue weighted by Gasteiger charge is 2.21. The number of fused-ring (bicyclic) bond motifs is 2. The zero-order chi connectivity index (χ0) is 16.5. The molecule has 0 fully saturated rings. The number of amides is 1. The number of imidazole rings is 1. The molecule has 6 heteroatoms. The van der Waals surface area contributed by atoms with Gasteiger partial charge in [0.25, 0.3) is 5.91 Å². The molecule has 0 spiro atoms. The molecule has 2 N–H and O–H groups in total. The van der Waals surface area contributed by atoms with E-state index in [0.717, 1.165) is 30.5 Å². The third-order valence-electron chi connectivity index (χ3n) is 4.70. The van der Waals surface area contributed by atoms with Crippen molar-refractivity contribution in [3.05, 3.63) is 52.0 Å². The van der Waals surface area contributed by atoms with Gasteiger partial charge in [-0.1, -0.05) is 0 Å². The van der Waals surface area contributed by atoms with Gasteiger partial charge < -0.3 is 10.3 Å². The van der Waals surface area contributed by atoms with Gasteiger partial charge in [0, 0.05) is 36.1 Å². The minimum Gasteiger partial charge on any atom is -0.350 e. The second kappa shape index (κ2) is 6.37. The average Bonchev–Trinajstić information content (AvgIpc) is 3.26. The van der Waals surface area contributed by atoms with Crippen molar-refractivity contribution in [2.75, 3.05) is 13.1 Å². The summed E-state index contributed by atoms with van der Waals surface area (Å²) >= 11 is 1.85. The Morgan fingerprint density at radius 3 is 3.29 bits per heavy atom. The van der Waals surface area contributed by atoms with Crippen molar-refractivity contribution in [2.24, 2.45) is 0 Å². The van der Waals surface area contributed by atoms with E-state index in [1.54, 1.807) is 6.33 Å². The van der Waals surface area contributed by atoms with Crippen molar-refractivity contribution in [1.29, 1.82) is 0 Å². The molecule has 124 valence electrons. The highest BCUT2D eigenvalue weighted by Crippen LogP contribution is 2.25. The summed E-state index contributed by atoms with van der Waals surface area (Å²) in [6, 6.07) is 8.07. The number of thiophene rings is 1. The van der Waals surface area contributed by atoms with Gasteiger partial charge in [-0.3, -0.25) is 9.69 Å². The largest absolute Gasteiger partial charge is 0.350 e. The highest BCUT2D eigenvalue weighted by molar-refractivity contribution is 7.10. The summed E-state index contributed by atoms with van der Waals surface area (Å²) < 4.78 is 0. The van der Waals surface area contributed by atoms with E-state index in [-0.39, 0.29) is 5.91 Å². The van der Waals surface area contributed by atoms with E-state index in [0.29, 0.717) is 18.2 Å². The van der Waals surface area contributed by atoms with Crippen LogP contribution in [0.5, 0.6) is 0 Å². The van der Waals surface area contributed by atoms with E-state index >= 15 is 0 Å². The maximum Gasteiger partial charge on any atom is 0.251 e. The molecule has 0 unspecified atom stereocenters. The van der Waals surface area contributed by atoms with E-state index in [1.807, 2.05) is 29.5 Å². The Morgan fingerprint density at radius 1 is 1.46 bits per heavy atom. The lowest BCUT2D eigenvalue weighted by atomic mass is 10.1. The first-order valence-corrected chi connectivity index (χ1v) is 9.09. The van der Waals surface area contributed by atoms with E-state index in [4.69, 9.17) is 0 Å². The number of aromatic nitrogens is 2. The van der Waals surface area contributed by atoms with Gasteiger partial charge >= 0.3 is 0 Å². The van der Waals surface area contributed by atoms with Crippen molar-refractivity contribution in [3.63, 3.8) is 0 Å². The minimum atomic E-state index is -0.0356. The first kappa shape index (κ1) is 15.4. The van der Waals surface area contributed by atoms with Crippen LogP contribution in [0.1, 0.15) is 27.7 Å². The Morgan fingerprint density at radius 2 is 2.38 bits per heavy atom. The highest BCUT2D eigenvalue weighted by atomic mass is 32.1. The predicted octanol–water partition coefficient (Wildman–Crippen LogP) is 2.80. The van der Waals surface area contributed by atoms with E-state index in [2.05, 4.69) is 38.6 Å². The third-order valence-corrected chi connectivity index (χ3v) is 5.72. The quantitative estimate of drug-likeness (QED) is 0.768. The summed E-state index contributed by atoms with van der Waals surface area (Å²) in [6.45, 7) is 4.87. The summed E-state index contributed by atoms with van der Waals surface area (Å²) in [5.41, 5.74) is 3.86. The molecular formula is C18H20N4OS. The number of nitrogens with one attached hydrogen (secondary N) is 2. The molecule has 3 aromatic rings. The van der Waals surface area contributed by atoms with Crippen molar-refractivity contribution in [1.82, 2.24) is 20.2 Å². The summed E-state index contributed by atoms with van der Waals surface area (Å²) in [5.74, 6) is -0.0356. The van der Waals surface area contributed by atoms with Crippen LogP contribution in [0.3, 0.4) is 0 Å². The van der Waals surface area contributed by atoms with E-state index in [9.17, 15) is 4.79 Å². The number of aromatic amines is 1. The minimum absolute atomic E-state index is 0.0356. The Bertz CT molecular complexity index is 869. The Kier molecular flexibility index (Phi) is 4.08. The standard InChI is InChI=1S/C18H20N4OS/c1-12(22-6-4-17-14(10-22)5-7-24-17)9-19-18(23)13-2-3-15-16(8-13)21-11-20-15/h2-3,5,7-8,11-12H,4,6,9-10H2,1H3,(H,19,23)(H,20,21)/t12-/m0/s1. The zero-order valence-electron chi connectivity index (χ0n) is 13.6. The molecule has 5 nitrogen and oxygen atoms in total. The molecule has 1 aromatic carbocycles. The van der Waals surface area contributed by atoms with Crippen LogP contribution >= 0.6 is 11.3 Å². The molecule has 1 aliphatic heterocycles. The SMILES string of the molecule is C[C@@H](CNC(=O)c1ccc2nc[nH]c2c1)N1CCc2sccc2C1. The molecule has 2 aromatic heterocycles. The van der Waals surface area contributed by atoms with E-state index in [1.165, 1.54) is 10.4 Å². The van der Waals surface area contributed by atoms with Gasteiger partial charge in [-0.2, -0.15) is 0 Å². The maximum absolute atomic E-state index is 12.4. The lowest BCUT2D eigenvalue weighted by Crippen LogP contribution is -2.44. The van der Waals surface area contributed by atoms with E-state index < -0.39 is 0 Å². The fourth-order valence-corrected chi connectivity index (χ4v) is 4.08. The molecule has 0 saturated heterocycles. The predicted molar refractivity (Wildman–Crippen MR) is 96.3 cm³/mol. The summed E-state index contributed by atoms with van der Waals surface area (Å²) in [6.07, 6.45) is 2.76. The topological polar surface area (TPSA) is 61.0 Å². The van der Waals surface area contributed by atoms with Crippen LogP contribution in [-0.4, -0.2) is 39.9 Å². The van der Waals surface area contributed by atoms with Gasteiger partial charge in [-0.15, -0.1) is 11.3 Å². The number of H-pyrrole nitrogens is 1. The smallest absolute Gasteiger partial charge is 0.251 e. The van der Waals surface area contributed by atoms with Crippen LogP contribution in [0.15, 0.2) is 36.0 Å². The Balaban J connectivity index is 1.36. The average molecular weight is 340 g/mol. The van der Waals surface area contributed by atoms with Crippen molar-refractivity contribution < 1.29 is 4.79 Å². The second-order valence-corrected chi connectivity index (χ2v) is 7.28. The molecule has 3 heterocycles. The number of hydrogen-bond donors (Lipinski definition) is 2. The van der Waals surface area contributed by atoms with Gasteiger partial charge in [-0.25, -0.2) is 4.98 Å². The monoisotopic (exact) mass is 340 g/mol. The summed E-state index contributed by atoms with van der Waals surface area (Å²) in [4.78, 5) is 23.6. The van der Waals surface area contributed by atoms with Crippen LogP contribution in [0.25, 0.3) is 11.0 Å². The van der Waals surface area contributed by atoms with Gasteiger partial charge in [0.05, 0.1) is 17.4 Å². The van der Waals surface area contributed by atoms with Crippen LogP contribution < -0.4 is 5.32 Å². The molecule has 0 saturated carbocycles. The fraction of sp³-hybridized carbons (Fsp3) is 0.333. The molecule has 4 rings (SSSR count). The van der Waals surface area contributed by atoms with Gasteiger partial charge in [0.1, 0.15) is 0 Å². The number of carbonyl (C=O) groups excluding carboxylic acids is 1. The maximum atomic E-state index is 12.4. The lowest BCUT2D eigenvalue weighted by Gasteiger charge is -2.32. The number of nitrogens with zero attached hydrogens (tertiary/aromatic N) is 2. The van der Waals surface area contributed by atoms with Crippen LogP contribution in [0.4, 0.5) is 0 Å². The molecule has 24 heavy (non-hydrogen) atoms. The third kappa shape index (κ3) is 2.95. The van der Waals surface area contributed by atoms with Crippen molar-refractivity contribution in [3.8, 4) is 0 Å². The first-order chi connectivity index (χ1) is 11.7. The van der Waals surface area contributed by atoms with Crippen molar-refractivity contribution >= 4 is 28.3 Å². The van der Waals surface area contributed by atoms with Crippen LogP contribution in [0, 0.1) is 0 Å². The summed E-state index contributed by atoms with van der Waals surface area (Å²) in [5, 5.41) is 5.23. The normalized spacial score (nSPS) is 16.0. The first-order valence-electron chi connectivity index (χ1n) is 8.21. The fourth-order valence-electron chi connectivity index (χ4n) is 3.19. The molecule has 0 aliphatic carbocycles. The second-order valence-electron chi connectivity index (χ2n) is 6.28. The molecule has 0 bridgehead atoms. The number of carbonyl (C=O) groups is 1. The summed E-state index contributed by atoms with van der Waals surface area (Å²) in [7, 11) is 0. The van der Waals surface area contributed by atoms with Gasteiger partial charge in [0.2, 0.25) is 0 Å². The number of benzene rings is 1. The molecule has 1 amide bonds. The Hall–Kier alpha value is -2.18. The molecule has 1 atom stereocenters. The molecular weight excluding hydrogens is 320 g/mol. The number of rotatable bonds is 4. The van der Waals surface area contributed by atoms with Crippen molar-refractivity contribution in [2.45, 2.75) is 25.9 Å². The van der Waals surface area contributed by atoms with Crippen LogP contribution in [-0.2, 0) is 13.0 Å². The van der Waals surface area contributed by atoms with Gasteiger partial charge in [0.15, 0.2) is 0 Å². The zero-order valence-corrected chi connectivity index (χ0v) is 14.4. The van der Waals surface area contributed by atoms with Gasteiger partial charge in [-0.05, 0) is 48.6 Å². The lowest BCUT2D eigenvalue weighted by molar-refractivity contribution is 0.0933. The Labute approximate surface area is 144 Å². The molecule has 0 radical (unpaired) electrons.